The molecule has 30 heavy (non-hydrogen) atoms. The Hall–Kier alpha value is -2.89. The van der Waals surface area contributed by atoms with Crippen molar-refractivity contribution in [2.24, 2.45) is 0 Å². The highest BCUT2D eigenvalue weighted by Crippen LogP contribution is 2.28. The lowest BCUT2D eigenvalue weighted by molar-refractivity contribution is 0.102. The zero-order chi connectivity index (χ0) is 21.5. The zero-order valence-electron chi connectivity index (χ0n) is 16.6. The molecule has 1 N–H and O–H groups in total. The number of halogens is 2. The highest BCUT2D eigenvalue weighted by molar-refractivity contribution is 6.36. The van der Waals surface area contributed by atoms with Crippen LogP contribution in [0.2, 0.25) is 10.0 Å². The summed E-state index contributed by atoms with van der Waals surface area (Å²) < 4.78 is 16.8. The van der Waals surface area contributed by atoms with Gasteiger partial charge in [0.1, 0.15) is 23.9 Å². The minimum Gasteiger partial charge on any atom is -0.497 e. The van der Waals surface area contributed by atoms with E-state index in [9.17, 15) is 4.79 Å². The number of hydrogen-bond acceptors (Lipinski definition) is 4. The van der Waals surface area contributed by atoms with Crippen molar-refractivity contribution in [3.05, 3.63) is 81.8 Å². The van der Waals surface area contributed by atoms with Gasteiger partial charge >= 0.3 is 0 Å². The fraction of sp³-hybridized carbons (Fsp3) is 0.174. The largest absolute Gasteiger partial charge is 0.497 e. The molecule has 0 aliphatic carbocycles. The second-order valence-electron chi connectivity index (χ2n) is 6.30. The van der Waals surface area contributed by atoms with E-state index in [1.54, 1.807) is 49.6 Å². The smallest absolute Gasteiger partial charge is 0.255 e. The molecule has 1 amide bonds. The monoisotopic (exact) mass is 445 g/mol. The molecule has 0 fully saturated rings. The molecule has 0 heterocycles. The molecule has 0 radical (unpaired) electrons. The number of rotatable bonds is 8. The Kier molecular flexibility index (Phi) is 7.44. The van der Waals surface area contributed by atoms with Gasteiger partial charge in [0.15, 0.2) is 0 Å². The fourth-order valence-corrected chi connectivity index (χ4v) is 3.22. The summed E-state index contributed by atoms with van der Waals surface area (Å²) in [6, 6.07) is 17.4. The maximum atomic E-state index is 12.7. The van der Waals surface area contributed by atoms with Crippen LogP contribution in [-0.4, -0.2) is 19.6 Å². The lowest BCUT2D eigenvalue weighted by Gasteiger charge is -2.14. The van der Waals surface area contributed by atoms with E-state index in [0.717, 1.165) is 5.56 Å². The van der Waals surface area contributed by atoms with Crippen LogP contribution < -0.4 is 19.5 Å². The summed E-state index contributed by atoms with van der Waals surface area (Å²) in [6.07, 6.45) is 0. The van der Waals surface area contributed by atoms with Crippen molar-refractivity contribution in [3.8, 4) is 17.2 Å². The van der Waals surface area contributed by atoms with E-state index in [4.69, 9.17) is 37.4 Å². The Morgan fingerprint density at radius 1 is 0.967 bits per heavy atom. The fourth-order valence-electron chi connectivity index (χ4n) is 2.77. The van der Waals surface area contributed by atoms with Crippen molar-refractivity contribution in [2.75, 3.05) is 19.0 Å². The molecule has 0 aliphatic heterocycles. The van der Waals surface area contributed by atoms with Crippen LogP contribution in [0.4, 0.5) is 5.69 Å². The molecule has 7 heteroatoms. The number of ether oxygens (including phenoxy) is 3. The van der Waals surface area contributed by atoms with Gasteiger partial charge in [-0.25, -0.2) is 0 Å². The van der Waals surface area contributed by atoms with Crippen molar-refractivity contribution >= 4 is 34.8 Å². The molecule has 0 spiro atoms. The summed E-state index contributed by atoms with van der Waals surface area (Å²) >= 11 is 12.1. The quantitative estimate of drug-likeness (QED) is 0.446. The Morgan fingerprint density at radius 3 is 2.50 bits per heavy atom. The van der Waals surface area contributed by atoms with Crippen LogP contribution in [0.3, 0.4) is 0 Å². The summed E-state index contributed by atoms with van der Waals surface area (Å²) in [5, 5.41) is 3.65. The molecule has 0 aromatic heterocycles. The van der Waals surface area contributed by atoms with Crippen LogP contribution in [0.25, 0.3) is 0 Å². The van der Waals surface area contributed by atoms with Gasteiger partial charge < -0.3 is 19.5 Å². The summed E-state index contributed by atoms with van der Waals surface area (Å²) in [5.41, 5.74) is 1.68. The maximum absolute atomic E-state index is 12.7. The van der Waals surface area contributed by atoms with Crippen LogP contribution in [-0.2, 0) is 6.61 Å². The van der Waals surface area contributed by atoms with Gasteiger partial charge in [0, 0.05) is 22.2 Å². The summed E-state index contributed by atoms with van der Waals surface area (Å²) in [5.74, 6) is 1.71. The average molecular weight is 446 g/mol. The Bertz CT molecular complexity index is 1040. The van der Waals surface area contributed by atoms with E-state index in [2.05, 4.69) is 5.32 Å². The molecule has 3 rings (SSSR count). The van der Waals surface area contributed by atoms with Gasteiger partial charge in [-0.05, 0) is 55.5 Å². The maximum Gasteiger partial charge on any atom is 0.255 e. The van der Waals surface area contributed by atoms with Crippen molar-refractivity contribution in [1.82, 2.24) is 0 Å². The summed E-state index contributed by atoms with van der Waals surface area (Å²) in [7, 11) is 1.60. The van der Waals surface area contributed by atoms with Crippen LogP contribution in [0.1, 0.15) is 22.8 Å². The third kappa shape index (κ3) is 5.59. The predicted molar refractivity (Wildman–Crippen MR) is 119 cm³/mol. The first-order valence-electron chi connectivity index (χ1n) is 9.29. The standard InChI is InChI=1S/C23H21Cl2NO4/c1-3-29-22-10-7-15(23(27)26-21-9-8-17(24)12-20(21)25)11-16(22)14-30-19-6-4-5-18(13-19)28-2/h4-13H,3,14H2,1-2H3,(H,26,27). The number of methoxy groups -OCH3 is 1. The van der Waals surface area contributed by atoms with Crippen molar-refractivity contribution in [2.45, 2.75) is 13.5 Å². The Labute approximate surface area is 185 Å². The highest BCUT2D eigenvalue weighted by atomic mass is 35.5. The molecule has 0 bridgehead atoms. The van der Waals surface area contributed by atoms with E-state index in [0.29, 0.717) is 45.2 Å². The number of nitrogens with one attached hydrogen (secondary N) is 1. The molecule has 0 atom stereocenters. The van der Waals surface area contributed by atoms with Crippen LogP contribution in [0.5, 0.6) is 17.2 Å². The lowest BCUT2D eigenvalue weighted by atomic mass is 10.1. The molecule has 0 saturated heterocycles. The third-order valence-electron chi connectivity index (χ3n) is 4.24. The number of anilines is 1. The van der Waals surface area contributed by atoms with E-state index in [-0.39, 0.29) is 12.5 Å². The Balaban J connectivity index is 1.79. The number of carbonyl (C=O) groups is 1. The number of amides is 1. The Morgan fingerprint density at radius 2 is 1.77 bits per heavy atom. The molecule has 0 aliphatic rings. The number of benzene rings is 3. The first-order chi connectivity index (χ1) is 14.5. The second kappa shape index (κ2) is 10.2. The van der Waals surface area contributed by atoms with E-state index >= 15 is 0 Å². The first-order valence-corrected chi connectivity index (χ1v) is 10.0. The third-order valence-corrected chi connectivity index (χ3v) is 4.79. The topological polar surface area (TPSA) is 56.8 Å². The second-order valence-corrected chi connectivity index (χ2v) is 7.15. The van der Waals surface area contributed by atoms with Gasteiger partial charge in [-0.2, -0.15) is 0 Å². The molecule has 0 unspecified atom stereocenters. The SMILES string of the molecule is CCOc1ccc(C(=O)Nc2ccc(Cl)cc2Cl)cc1COc1cccc(OC)c1. The van der Waals surface area contributed by atoms with Crippen LogP contribution >= 0.6 is 23.2 Å². The van der Waals surface area contributed by atoms with Crippen molar-refractivity contribution in [1.29, 1.82) is 0 Å². The minimum atomic E-state index is -0.301. The minimum absolute atomic E-state index is 0.228. The molecular weight excluding hydrogens is 425 g/mol. The molecule has 0 saturated carbocycles. The zero-order valence-corrected chi connectivity index (χ0v) is 18.1. The van der Waals surface area contributed by atoms with Gasteiger partial charge in [-0.15, -0.1) is 0 Å². The van der Waals surface area contributed by atoms with Gasteiger partial charge in [0.25, 0.3) is 5.91 Å². The van der Waals surface area contributed by atoms with Gasteiger partial charge in [0.2, 0.25) is 0 Å². The number of hydrogen-bond donors (Lipinski definition) is 1. The van der Waals surface area contributed by atoms with E-state index in [1.165, 1.54) is 0 Å². The summed E-state index contributed by atoms with van der Waals surface area (Å²) in [4.78, 5) is 12.7. The lowest BCUT2D eigenvalue weighted by Crippen LogP contribution is -2.13. The normalized spacial score (nSPS) is 10.4. The summed E-state index contributed by atoms with van der Waals surface area (Å²) in [6.45, 7) is 2.62. The highest BCUT2D eigenvalue weighted by Gasteiger charge is 2.13. The van der Waals surface area contributed by atoms with Crippen LogP contribution in [0.15, 0.2) is 60.7 Å². The predicted octanol–water partition coefficient (Wildman–Crippen LogP) is 6.23. The first kappa shape index (κ1) is 21.8. The van der Waals surface area contributed by atoms with Gasteiger partial charge in [0.05, 0.1) is 24.4 Å². The van der Waals surface area contributed by atoms with Crippen molar-refractivity contribution in [3.63, 3.8) is 0 Å². The van der Waals surface area contributed by atoms with E-state index in [1.807, 2.05) is 25.1 Å². The molecular formula is C23H21Cl2NO4. The molecule has 5 nitrogen and oxygen atoms in total. The average Bonchev–Trinajstić information content (AvgIpc) is 2.75. The van der Waals surface area contributed by atoms with Gasteiger partial charge in [-0.3, -0.25) is 4.79 Å². The number of carbonyl (C=O) groups excluding carboxylic acids is 1. The molecule has 3 aromatic carbocycles. The molecule has 156 valence electrons. The molecule has 3 aromatic rings. The van der Waals surface area contributed by atoms with Crippen molar-refractivity contribution < 1.29 is 19.0 Å². The van der Waals surface area contributed by atoms with E-state index < -0.39 is 0 Å². The van der Waals surface area contributed by atoms with Gasteiger partial charge in [-0.1, -0.05) is 29.3 Å². The van der Waals surface area contributed by atoms with Crippen LogP contribution in [0, 0.1) is 0 Å².